The first kappa shape index (κ1) is 15.1. The van der Waals surface area contributed by atoms with E-state index in [0.29, 0.717) is 29.4 Å². The first-order chi connectivity index (χ1) is 11.4. The smallest absolute Gasteiger partial charge is 0.247 e. The van der Waals surface area contributed by atoms with Crippen molar-refractivity contribution in [1.82, 2.24) is 4.41 Å². The predicted octanol–water partition coefficient (Wildman–Crippen LogP) is 2.43. The Balaban J connectivity index is 1.72. The molecule has 0 bridgehead atoms. The first-order valence-corrected chi connectivity index (χ1v) is 9.30. The van der Waals surface area contributed by atoms with E-state index >= 15 is 0 Å². The molecule has 24 heavy (non-hydrogen) atoms. The van der Waals surface area contributed by atoms with Crippen molar-refractivity contribution in [2.24, 2.45) is 5.10 Å². The second kappa shape index (κ2) is 5.27. The number of sulfonamides is 1. The van der Waals surface area contributed by atoms with Crippen LogP contribution >= 0.6 is 0 Å². The van der Waals surface area contributed by atoms with Gasteiger partial charge in [-0.2, -0.15) is 9.52 Å². The standard InChI is InChI=1S/C16H16N2O5S/c1-10-3-5-14(23-10)13-8-12(17-18(13)24(2,19)20)11-4-6-15-16(7-11)22-9-21-15/h3-7,13H,8-9H2,1-2H3/t13-/m1/s1. The van der Waals surface area contributed by atoms with Crippen molar-refractivity contribution in [2.45, 2.75) is 19.4 Å². The summed E-state index contributed by atoms with van der Waals surface area (Å²) in [5, 5.41) is 4.33. The van der Waals surface area contributed by atoms with Gasteiger partial charge in [0.25, 0.3) is 0 Å². The van der Waals surface area contributed by atoms with Gasteiger partial charge in [-0.05, 0) is 37.3 Å². The van der Waals surface area contributed by atoms with E-state index in [9.17, 15) is 8.42 Å². The van der Waals surface area contributed by atoms with Gasteiger partial charge in [-0.25, -0.2) is 8.42 Å². The van der Waals surface area contributed by atoms with Gasteiger partial charge < -0.3 is 13.9 Å². The third kappa shape index (κ3) is 2.52. The molecule has 0 saturated carbocycles. The molecule has 0 amide bonds. The van der Waals surface area contributed by atoms with Crippen LogP contribution in [0.5, 0.6) is 11.5 Å². The summed E-state index contributed by atoms with van der Waals surface area (Å²) in [4.78, 5) is 0. The summed E-state index contributed by atoms with van der Waals surface area (Å²) in [6, 6.07) is 8.59. The predicted molar refractivity (Wildman–Crippen MR) is 86.6 cm³/mol. The van der Waals surface area contributed by atoms with E-state index < -0.39 is 16.1 Å². The van der Waals surface area contributed by atoms with E-state index in [4.69, 9.17) is 13.9 Å². The molecule has 126 valence electrons. The SMILES string of the molecule is Cc1ccc([C@H]2CC(c3ccc4c(c3)OCO4)=NN2S(C)(=O)=O)o1. The lowest BCUT2D eigenvalue weighted by atomic mass is 10.0. The second-order valence-electron chi connectivity index (χ2n) is 5.82. The highest BCUT2D eigenvalue weighted by Crippen LogP contribution is 2.38. The lowest BCUT2D eigenvalue weighted by Gasteiger charge is -2.18. The Hall–Kier alpha value is -2.48. The molecule has 0 N–H and O–H groups in total. The molecule has 0 aliphatic carbocycles. The van der Waals surface area contributed by atoms with E-state index in [1.165, 1.54) is 0 Å². The molecule has 7 nitrogen and oxygen atoms in total. The number of aryl methyl sites for hydroxylation is 1. The van der Waals surface area contributed by atoms with Gasteiger partial charge in [0.1, 0.15) is 17.6 Å². The zero-order valence-corrected chi connectivity index (χ0v) is 14.0. The zero-order valence-electron chi connectivity index (χ0n) is 13.2. The molecule has 2 aromatic rings. The summed E-state index contributed by atoms with van der Waals surface area (Å²) >= 11 is 0. The van der Waals surface area contributed by atoms with Gasteiger partial charge in [0.15, 0.2) is 11.5 Å². The number of rotatable bonds is 3. The molecular formula is C16H16N2O5S. The monoisotopic (exact) mass is 348 g/mol. The molecule has 8 heteroatoms. The molecule has 1 atom stereocenters. The first-order valence-electron chi connectivity index (χ1n) is 7.45. The molecule has 0 spiro atoms. The van der Waals surface area contributed by atoms with Crippen LogP contribution in [-0.2, 0) is 10.0 Å². The maximum absolute atomic E-state index is 12.1. The Kier molecular flexibility index (Phi) is 3.31. The van der Waals surface area contributed by atoms with Crippen molar-refractivity contribution in [3.63, 3.8) is 0 Å². The minimum absolute atomic E-state index is 0.190. The Morgan fingerprint density at radius 3 is 2.67 bits per heavy atom. The van der Waals surface area contributed by atoms with Gasteiger partial charge in [0, 0.05) is 12.0 Å². The Bertz CT molecular complexity index is 932. The number of fused-ring (bicyclic) bond motifs is 1. The van der Waals surface area contributed by atoms with Crippen LogP contribution in [0, 0.1) is 6.92 Å². The number of nitrogens with zero attached hydrogens (tertiary/aromatic N) is 2. The second-order valence-corrected chi connectivity index (χ2v) is 7.66. The van der Waals surface area contributed by atoms with E-state index in [1.807, 2.05) is 25.1 Å². The summed E-state index contributed by atoms with van der Waals surface area (Å²) in [5.41, 5.74) is 1.47. The van der Waals surface area contributed by atoms with Gasteiger partial charge in [-0.1, -0.05) is 0 Å². The van der Waals surface area contributed by atoms with E-state index in [0.717, 1.165) is 22.0 Å². The normalized spacial score (nSPS) is 19.7. The van der Waals surface area contributed by atoms with E-state index in [1.54, 1.807) is 12.1 Å². The van der Waals surface area contributed by atoms with Crippen molar-refractivity contribution in [1.29, 1.82) is 0 Å². The van der Waals surface area contributed by atoms with E-state index in [2.05, 4.69) is 5.10 Å². The molecule has 1 aromatic carbocycles. The van der Waals surface area contributed by atoms with Crippen LogP contribution in [0.15, 0.2) is 39.9 Å². The van der Waals surface area contributed by atoms with Crippen molar-refractivity contribution in [3.8, 4) is 11.5 Å². The van der Waals surface area contributed by atoms with Gasteiger partial charge in [-0.3, -0.25) is 0 Å². The number of ether oxygens (including phenoxy) is 2. The third-order valence-corrected chi connectivity index (χ3v) is 5.02. The van der Waals surface area contributed by atoms with Crippen molar-refractivity contribution in [2.75, 3.05) is 13.0 Å². The maximum Gasteiger partial charge on any atom is 0.247 e. The highest BCUT2D eigenvalue weighted by molar-refractivity contribution is 7.88. The number of hydrazone groups is 1. The minimum atomic E-state index is -3.51. The molecule has 0 unspecified atom stereocenters. The molecule has 0 radical (unpaired) electrons. The summed E-state index contributed by atoms with van der Waals surface area (Å²) in [6.45, 7) is 2.01. The third-order valence-electron chi connectivity index (χ3n) is 4.01. The maximum atomic E-state index is 12.1. The highest BCUT2D eigenvalue weighted by Gasteiger charge is 2.36. The lowest BCUT2D eigenvalue weighted by Crippen LogP contribution is -2.25. The summed E-state index contributed by atoms with van der Waals surface area (Å²) in [5.74, 6) is 2.63. The number of benzene rings is 1. The number of hydrogen-bond donors (Lipinski definition) is 0. The van der Waals surface area contributed by atoms with Crippen molar-refractivity contribution < 1.29 is 22.3 Å². The summed E-state index contributed by atoms with van der Waals surface area (Å²) in [7, 11) is -3.51. The van der Waals surface area contributed by atoms with Crippen LogP contribution in [0.2, 0.25) is 0 Å². The molecule has 4 rings (SSSR count). The molecular weight excluding hydrogens is 332 g/mol. The van der Waals surface area contributed by atoms with Crippen LogP contribution in [0.3, 0.4) is 0 Å². The van der Waals surface area contributed by atoms with E-state index in [-0.39, 0.29) is 6.79 Å². The Morgan fingerprint density at radius 1 is 1.17 bits per heavy atom. The van der Waals surface area contributed by atoms with Crippen molar-refractivity contribution >= 4 is 15.7 Å². The van der Waals surface area contributed by atoms with Crippen LogP contribution in [0.4, 0.5) is 0 Å². The molecule has 1 aromatic heterocycles. The molecule has 2 aliphatic rings. The zero-order chi connectivity index (χ0) is 16.9. The minimum Gasteiger partial charge on any atom is -0.464 e. The van der Waals surface area contributed by atoms with Crippen LogP contribution in [0.1, 0.15) is 29.5 Å². The lowest BCUT2D eigenvalue weighted by molar-refractivity contribution is 0.174. The van der Waals surface area contributed by atoms with Gasteiger partial charge in [0.05, 0.1) is 12.0 Å². The highest BCUT2D eigenvalue weighted by atomic mass is 32.2. The van der Waals surface area contributed by atoms with Gasteiger partial charge in [-0.15, -0.1) is 0 Å². The quantitative estimate of drug-likeness (QED) is 0.851. The Labute approximate surface area is 139 Å². The summed E-state index contributed by atoms with van der Waals surface area (Å²) < 4.78 is 41.7. The van der Waals surface area contributed by atoms with Gasteiger partial charge in [0.2, 0.25) is 16.8 Å². The number of furan rings is 1. The largest absolute Gasteiger partial charge is 0.464 e. The van der Waals surface area contributed by atoms with Crippen molar-refractivity contribution in [3.05, 3.63) is 47.4 Å². The number of hydrogen-bond acceptors (Lipinski definition) is 6. The average Bonchev–Trinajstić information content (AvgIpc) is 3.23. The van der Waals surface area contributed by atoms with Crippen LogP contribution in [-0.4, -0.2) is 31.6 Å². The molecule has 0 fully saturated rings. The topological polar surface area (TPSA) is 81.3 Å². The van der Waals surface area contributed by atoms with Crippen LogP contribution in [0.25, 0.3) is 0 Å². The fourth-order valence-corrected chi connectivity index (χ4v) is 3.78. The Morgan fingerprint density at radius 2 is 1.96 bits per heavy atom. The average molecular weight is 348 g/mol. The fraction of sp³-hybridized carbons (Fsp3) is 0.312. The fourth-order valence-electron chi connectivity index (χ4n) is 2.89. The van der Waals surface area contributed by atoms with Crippen LogP contribution < -0.4 is 9.47 Å². The molecule has 0 saturated heterocycles. The summed E-state index contributed by atoms with van der Waals surface area (Å²) in [6.07, 6.45) is 1.57. The molecule has 2 aliphatic heterocycles. The molecule has 3 heterocycles. The van der Waals surface area contributed by atoms with Gasteiger partial charge >= 0.3 is 0 Å².